The molecule has 0 bridgehead atoms. The van der Waals surface area contributed by atoms with Crippen molar-refractivity contribution in [2.75, 3.05) is 54.2 Å². The molecule has 15 nitrogen and oxygen atoms in total. The van der Waals surface area contributed by atoms with Crippen LogP contribution in [0.1, 0.15) is 72.8 Å². The van der Waals surface area contributed by atoms with E-state index in [4.69, 9.17) is 18.9 Å². The summed E-state index contributed by atoms with van der Waals surface area (Å²) in [6, 6.07) is -2.75. The summed E-state index contributed by atoms with van der Waals surface area (Å²) >= 11 is 1.85. The SMILES string of the molecule is COC(=O)[C@@H](C)C[C@H](Cc1nc(C(F)(F)F)cs1)NC(=O)c1csc([C@@H](C[C@H](C(C)C)N(C)C(=O)[C@@H](NC(=O)[C@H]2COCCN2C)C2COC2)OC(C)=O)n1. The number of carbonyl (C=O) groups is 5. The number of amides is 3. The molecule has 6 atom stereocenters. The van der Waals surface area contributed by atoms with Gasteiger partial charge in [0.1, 0.15) is 22.8 Å². The van der Waals surface area contributed by atoms with Gasteiger partial charge in [0.15, 0.2) is 11.8 Å². The Hall–Kier alpha value is -3.72. The molecular weight excluding hydrogens is 770 g/mol. The zero-order valence-corrected chi connectivity index (χ0v) is 33.5. The lowest BCUT2D eigenvalue weighted by Gasteiger charge is -2.40. The number of thiazole rings is 2. The maximum Gasteiger partial charge on any atom is 0.434 e. The van der Waals surface area contributed by atoms with E-state index in [0.29, 0.717) is 26.4 Å². The molecule has 0 aliphatic carbocycles. The summed E-state index contributed by atoms with van der Waals surface area (Å²) in [5.41, 5.74) is -1.09. The average molecular weight is 819 g/mol. The number of esters is 2. The van der Waals surface area contributed by atoms with E-state index in [1.165, 1.54) is 19.4 Å². The molecule has 2 N–H and O–H groups in total. The second-order valence-corrected chi connectivity index (χ2v) is 16.0. The largest absolute Gasteiger partial charge is 0.469 e. The van der Waals surface area contributed by atoms with Gasteiger partial charge in [0.2, 0.25) is 11.8 Å². The van der Waals surface area contributed by atoms with E-state index in [1.54, 1.807) is 18.9 Å². The minimum absolute atomic E-state index is 0.0436. The monoisotopic (exact) mass is 818 g/mol. The molecule has 2 saturated heterocycles. The third-order valence-corrected chi connectivity index (χ3v) is 11.5. The number of likely N-dealkylation sites (N-methyl/N-ethyl adjacent to an activating group) is 2. The highest BCUT2D eigenvalue weighted by Gasteiger charge is 2.41. The Morgan fingerprint density at radius 2 is 1.75 bits per heavy atom. The van der Waals surface area contributed by atoms with Crippen LogP contribution in [0.2, 0.25) is 0 Å². The minimum atomic E-state index is -4.64. The topological polar surface area (TPSA) is 179 Å². The molecule has 2 aliphatic heterocycles. The fraction of sp³-hybridized carbons (Fsp3) is 0.686. The molecule has 0 saturated carbocycles. The predicted octanol–water partition coefficient (Wildman–Crippen LogP) is 3.10. The van der Waals surface area contributed by atoms with Gasteiger partial charge in [0.25, 0.3) is 5.91 Å². The number of aromatic nitrogens is 2. The quantitative estimate of drug-likeness (QED) is 0.223. The number of nitrogens with zero attached hydrogens (tertiary/aromatic N) is 4. The molecule has 55 heavy (non-hydrogen) atoms. The number of hydrogen-bond acceptors (Lipinski definition) is 14. The van der Waals surface area contributed by atoms with Gasteiger partial charge in [-0.2, -0.15) is 13.2 Å². The number of rotatable bonds is 17. The summed E-state index contributed by atoms with van der Waals surface area (Å²) in [7, 11) is 4.66. The van der Waals surface area contributed by atoms with Crippen LogP contribution in [0.15, 0.2) is 10.8 Å². The number of nitrogens with one attached hydrogen (secondary N) is 2. The molecule has 4 heterocycles. The second kappa shape index (κ2) is 19.4. The Balaban J connectivity index is 1.51. The van der Waals surface area contributed by atoms with Crippen LogP contribution in [-0.2, 0) is 50.7 Å². The van der Waals surface area contributed by atoms with Crippen LogP contribution in [-0.4, -0.2) is 128 Å². The Bertz CT molecular complexity index is 1650. The maximum absolute atomic E-state index is 14.1. The number of halogens is 3. The van der Waals surface area contributed by atoms with Crippen molar-refractivity contribution in [1.29, 1.82) is 0 Å². The molecule has 20 heteroatoms. The van der Waals surface area contributed by atoms with Crippen LogP contribution in [0.3, 0.4) is 0 Å². The van der Waals surface area contributed by atoms with E-state index in [-0.39, 0.29) is 65.2 Å². The Morgan fingerprint density at radius 1 is 1.04 bits per heavy atom. The Labute approximate surface area is 325 Å². The summed E-state index contributed by atoms with van der Waals surface area (Å²) in [6.45, 7) is 8.51. The van der Waals surface area contributed by atoms with E-state index in [2.05, 4.69) is 20.6 Å². The number of carbonyl (C=O) groups excluding carboxylic acids is 5. The van der Waals surface area contributed by atoms with Crippen molar-refractivity contribution in [1.82, 2.24) is 30.4 Å². The number of morpholine rings is 1. The van der Waals surface area contributed by atoms with Gasteiger partial charge < -0.3 is 34.5 Å². The van der Waals surface area contributed by atoms with E-state index in [1.807, 2.05) is 25.8 Å². The predicted molar refractivity (Wildman–Crippen MR) is 194 cm³/mol. The van der Waals surface area contributed by atoms with E-state index in [0.717, 1.165) is 28.1 Å². The molecule has 0 radical (unpaired) electrons. The molecule has 2 aliphatic rings. The number of ether oxygens (including phenoxy) is 4. The van der Waals surface area contributed by atoms with Gasteiger partial charge in [0, 0.05) is 62.1 Å². The van der Waals surface area contributed by atoms with Crippen LogP contribution in [0.4, 0.5) is 13.2 Å². The third kappa shape index (κ3) is 11.9. The highest BCUT2D eigenvalue weighted by molar-refractivity contribution is 7.10. The molecule has 4 rings (SSSR count). The van der Waals surface area contributed by atoms with Gasteiger partial charge in [-0.25, -0.2) is 9.97 Å². The lowest BCUT2D eigenvalue weighted by atomic mass is 9.92. The summed E-state index contributed by atoms with van der Waals surface area (Å²) in [5, 5.41) is 8.44. The first-order chi connectivity index (χ1) is 25.9. The fourth-order valence-electron chi connectivity index (χ4n) is 6.38. The van der Waals surface area contributed by atoms with Crippen molar-refractivity contribution < 1.29 is 56.1 Å². The van der Waals surface area contributed by atoms with Crippen molar-refractivity contribution in [3.63, 3.8) is 0 Å². The van der Waals surface area contributed by atoms with Gasteiger partial charge >= 0.3 is 18.1 Å². The molecule has 0 unspecified atom stereocenters. The summed E-state index contributed by atoms with van der Waals surface area (Å²) in [6.07, 6.45) is -5.53. The van der Waals surface area contributed by atoms with Crippen LogP contribution >= 0.6 is 22.7 Å². The zero-order chi connectivity index (χ0) is 40.6. The fourth-order valence-corrected chi connectivity index (χ4v) is 8.10. The van der Waals surface area contributed by atoms with Gasteiger partial charge in [-0.15, -0.1) is 22.7 Å². The van der Waals surface area contributed by atoms with Gasteiger partial charge in [-0.1, -0.05) is 20.8 Å². The number of methoxy groups -OCH3 is 1. The second-order valence-electron chi connectivity index (χ2n) is 14.2. The van der Waals surface area contributed by atoms with E-state index < -0.39 is 65.9 Å². The van der Waals surface area contributed by atoms with Crippen molar-refractivity contribution in [3.05, 3.63) is 32.2 Å². The zero-order valence-electron chi connectivity index (χ0n) is 31.8. The molecule has 2 aromatic heterocycles. The molecule has 3 amide bonds. The summed E-state index contributed by atoms with van der Waals surface area (Å²) in [5.74, 6) is -3.59. The first-order valence-electron chi connectivity index (χ1n) is 17.8. The van der Waals surface area contributed by atoms with Crippen molar-refractivity contribution >= 4 is 52.3 Å². The van der Waals surface area contributed by atoms with E-state index >= 15 is 0 Å². The van der Waals surface area contributed by atoms with E-state index in [9.17, 15) is 37.1 Å². The number of alkyl halides is 3. The van der Waals surface area contributed by atoms with Gasteiger partial charge in [-0.05, 0) is 19.4 Å². The Kier molecular flexibility index (Phi) is 15.5. The van der Waals surface area contributed by atoms with Gasteiger partial charge in [0.05, 0.1) is 44.5 Å². The highest BCUT2D eigenvalue weighted by atomic mass is 32.1. The van der Waals surface area contributed by atoms with Crippen LogP contribution in [0, 0.1) is 17.8 Å². The van der Waals surface area contributed by atoms with Crippen LogP contribution in [0.25, 0.3) is 0 Å². The first-order valence-corrected chi connectivity index (χ1v) is 19.6. The van der Waals surface area contributed by atoms with Crippen molar-refractivity contribution in [2.45, 2.75) is 83.4 Å². The summed E-state index contributed by atoms with van der Waals surface area (Å²) < 4.78 is 61.0. The molecule has 0 aromatic carbocycles. The average Bonchev–Trinajstić information content (AvgIpc) is 3.79. The standard InChI is InChI=1S/C35H49F3N6O9S2/c1-18(2)24(44(6)33(48)29(21-13-52-14-21)42-31(47)25-15-51-9-8-43(25)5)12-26(53-20(4)45)32-40-23(16-55-32)30(46)39-22(10-19(3)34(49)50-7)11-28-41-27(17-54-28)35(36,37)38/h16-19,21-22,24-26,29H,8-15H2,1-7H3,(H,39,46)(H,42,47)/t19-,22+,24+,25+,26+,29-/m0/s1. The molecule has 0 spiro atoms. The molecule has 306 valence electrons. The first kappa shape index (κ1) is 44.0. The molecule has 2 aromatic rings. The van der Waals surface area contributed by atoms with Crippen LogP contribution < -0.4 is 10.6 Å². The molecule has 2 fully saturated rings. The lowest BCUT2D eigenvalue weighted by Crippen LogP contribution is -2.62. The number of hydrogen-bond donors (Lipinski definition) is 2. The maximum atomic E-state index is 14.1. The lowest BCUT2D eigenvalue weighted by molar-refractivity contribution is -0.152. The van der Waals surface area contributed by atoms with Gasteiger partial charge in [-0.3, -0.25) is 28.9 Å². The van der Waals surface area contributed by atoms with Crippen LogP contribution in [0.5, 0.6) is 0 Å². The Morgan fingerprint density at radius 3 is 2.31 bits per heavy atom. The molecular formula is C35H49F3N6O9S2. The highest BCUT2D eigenvalue weighted by Crippen LogP contribution is 2.33. The normalized spacial score (nSPS) is 19.4. The van der Waals surface area contributed by atoms with Crippen molar-refractivity contribution in [3.8, 4) is 0 Å². The van der Waals surface area contributed by atoms with Crippen molar-refractivity contribution in [2.24, 2.45) is 17.8 Å². The summed E-state index contributed by atoms with van der Waals surface area (Å²) in [4.78, 5) is 77.1. The smallest absolute Gasteiger partial charge is 0.434 e. The minimum Gasteiger partial charge on any atom is -0.469 e. The third-order valence-electron chi connectivity index (χ3n) is 9.65.